The second kappa shape index (κ2) is 4.15. The van der Waals surface area contributed by atoms with Gasteiger partial charge in [0.2, 0.25) is 5.88 Å². The van der Waals surface area contributed by atoms with Crippen molar-refractivity contribution >= 4 is 29.0 Å². The zero-order valence-electron chi connectivity index (χ0n) is 7.73. The Labute approximate surface area is 88.3 Å². The number of rotatable bonds is 1. The summed E-state index contributed by atoms with van der Waals surface area (Å²) in [6, 6.07) is 9.47. The van der Waals surface area contributed by atoms with Crippen molar-refractivity contribution in [3.05, 3.63) is 30.3 Å². The number of halogens is 1. The lowest BCUT2D eigenvalue weighted by molar-refractivity contribution is 0.399. The number of benzene rings is 1. The minimum absolute atomic E-state index is 0. The van der Waals surface area contributed by atoms with Crippen LogP contribution >= 0.6 is 12.4 Å². The first-order valence-electron chi connectivity index (χ1n) is 4.00. The Morgan fingerprint density at radius 1 is 1.21 bits per heavy atom. The summed E-state index contributed by atoms with van der Waals surface area (Å²) < 4.78 is 5.01. The number of para-hydroxylation sites is 1. The van der Waals surface area contributed by atoms with Crippen LogP contribution in [-0.4, -0.2) is 12.1 Å². The number of anilines is 1. The lowest BCUT2D eigenvalue weighted by atomic mass is 10.2. The molecule has 2 N–H and O–H groups in total. The van der Waals surface area contributed by atoms with Crippen molar-refractivity contribution in [1.82, 2.24) is 4.98 Å². The average Bonchev–Trinajstić information content (AvgIpc) is 2.18. The largest absolute Gasteiger partial charge is 0.481 e. The van der Waals surface area contributed by atoms with E-state index >= 15 is 0 Å². The molecular formula is C10H11ClN2O. The molecule has 0 spiro atoms. The first-order chi connectivity index (χ1) is 6.31. The Balaban J connectivity index is 0.000000980. The van der Waals surface area contributed by atoms with E-state index in [0.717, 1.165) is 10.9 Å². The zero-order valence-corrected chi connectivity index (χ0v) is 8.54. The van der Waals surface area contributed by atoms with Gasteiger partial charge >= 0.3 is 0 Å². The predicted molar refractivity (Wildman–Crippen MR) is 60.0 cm³/mol. The fourth-order valence-electron chi connectivity index (χ4n) is 1.27. The van der Waals surface area contributed by atoms with E-state index in [9.17, 15) is 0 Å². The maximum absolute atomic E-state index is 5.76. The van der Waals surface area contributed by atoms with E-state index < -0.39 is 0 Å². The van der Waals surface area contributed by atoms with Gasteiger partial charge in [0.15, 0.2) is 0 Å². The second-order valence-electron chi connectivity index (χ2n) is 2.77. The van der Waals surface area contributed by atoms with Crippen LogP contribution in [0.25, 0.3) is 10.9 Å². The molecule has 1 aromatic carbocycles. The molecular weight excluding hydrogens is 200 g/mol. The third kappa shape index (κ3) is 1.72. The molecule has 0 radical (unpaired) electrons. The van der Waals surface area contributed by atoms with E-state index in [1.165, 1.54) is 0 Å². The smallest absolute Gasteiger partial charge is 0.213 e. The number of hydrogen-bond acceptors (Lipinski definition) is 3. The normalized spacial score (nSPS) is 9.50. The summed E-state index contributed by atoms with van der Waals surface area (Å²) >= 11 is 0. The molecule has 2 aromatic rings. The summed E-state index contributed by atoms with van der Waals surface area (Å²) in [7, 11) is 1.59. The highest BCUT2D eigenvalue weighted by Gasteiger charge is 1.99. The Morgan fingerprint density at radius 3 is 2.71 bits per heavy atom. The molecule has 0 unspecified atom stereocenters. The Hall–Kier alpha value is -1.48. The molecule has 0 atom stereocenters. The van der Waals surface area contributed by atoms with Gasteiger partial charge in [-0.15, -0.1) is 12.4 Å². The first kappa shape index (κ1) is 10.6. The maximum atomic E-state index is 5.76. The molecule has 0 bridgehead atoms. The van der Waals surface area contributed by atoms with Crippen LogP contribution in [0.1, 0.15) is 0 Å². The number of nitrogens with zero attached hydrogens (tertiary/aromatic N) is 1. The van der Waals surface area contributed by atoms with Crippen LogP contribution in [0.2, 0.25) is 0 Å². The third-order valence-electron chi connectivity index (χ3n) is 1.94. The lowest BCUT2D eigenvalue weighted by Gasteiger charge is -2.02. The van der Waals surface area contributed by atoms with Crippen LogP contribution < -0.4 is 10.5 Å². The van der Waals surface area contributed by atoms with Crippen molar-refractivity contribution in [2.24, 2.45) is 0 Å². The van der Waals surface area contributed by atoms with Gasteiger partial charge < -0.3 is 10.5 Å². The van der Waals surface area contributed by atoms with Crippen molar-refractivity contribution < 1.29 is 4.74 Å². The summed E-state index contributed by atoms with van der Waals surface area (Å²) in [5, 5.41) is 1.03. The van der Waals surface area contributed by atoms with E-state index in [4.69, 9.17) is 10.5 Å². The Morgan fingerprint density at radius 2 is 2.00 bits per heavy atom. The van der Waals surface area contributed by atoms with Crippen LogP contribution in [-0.2, 0) is 0 Å². The molecule has 0 saturated carbocycles. The third-order valence-corrected chi connectivity index (χ3v) is 1.94. The molecule has 0 aliphatic carbocycles. The van der Waals surface area contributed by atoms with E-state index in [-0.39, 0.29) is 12.4 Å². The fraction of sp³-hybridized carbons (Fsp3) is 0.100. The second-order valence-corrected chi connectivity index (χ2v) is 2.77. The van der Waals surface area contributed by atoms with Gasteiger partial charge in [-0.2, -0.15) is 0 Å². The SMILES string of the molecule is COc1ccc2cccc(N)c2n1.Cl. The molecule has 1 aromatic heterocycles. The van der Waals surface area contributed by atoms with Gasteiger partial charge in [0.25, 0.3) is 0 Å². The topological polar surface area (TPSA) is 48.1 Å². The highest BCUT2D eigenvalue weighted by Crippen LogP contribution is 2.21. The average molecular weight is 211 g/mol. The van der Waals surface area contributed by atoms with Gasteiger partial charge in [0.05, 0.1) is 18.3 Å². The standard InChI is InChI=1S/C10H10N2O.ClH/c1-13-9-6-5-7-3-2-4-8(11)10(7)12-9;/h2-6H,11H2,1H3;1H. The van der Waals surface area contributed by atoms with E-state index in [1.807, 2.05) is 30.3 Å². The van der Waals surface area contributed by atoms with Gasteiger partial charge in [-0.3, -0.25) is 0 Å². The van der Waals surface area contributed by atoms with Crippen LogP contribution in [0, 0.1) is 0 Å². The number of hydrogen-bond donors (Lipinski definition) is 1. The minimum Gasteiger partial charge on any atom is -0.481 e. The number of pyridine rings is 1. The van der Waals surface area contributed by atoms with E-state index in [0.29, 0.717) is 11.6 Å². The molecule has 3 nitrogen and oxygen atoms in total. The van der Waals surface area contributed by atoms with Crippen molar-refractivity contribution in [2.45, 2.75) is 0 Å². The van der Waals surface area contributed by atoms with Gasteiger partial charge in [-0.05, 0) is 12.1 Å². The molecule has 0 saturated heterocycles. The van der Waals surface area contributed by atoms with Crippen molar-refractivity contribution in [3.63, 3.8) is 0 Å². The van der Waals surface area contributed by atoms with Crippen LogP contribution in [0.15, 0.2) is 30.3 Å². The Bertz CT molecular complexity index is 445. The molecule has 1 heterocycles. The van der Waals surface area contributed by atoms with Crippen molar-refractivity contribution in [2.75, 3.05) is 12.8 Å². The first-order valence-corrected chi connectivity index (χ1v) is 4.00. The summed E-state index contributed by atoms with van der Waals surface area (Å²) in [4.78, 5) is 4.25. The number of nitrogens with two attached hydrogens (primary N) is 1. The number of nitrogen functional groups attached to an aromatic ring is 1. The minimum atomic E-state index is 0. The molecule has 4 heteroatoms. The summed E-state index contributed by atoms with van der Waals surface area (Å²) in [6.45, 7) is 0. The number of aromatic nitrogens is 1. The van der Waals surface area contributed by atoms with Gasteiger partial charge in [0.1, 0.15) is 0 Å². The molecule has 0 fully saturated rings. The summed E-state index contributed by atoms with van der Waals surface area (Å²) in [5.74, 6) is 0.588. The number of fused-ring (bicyclic) bond motifs is 1. The Kier molecular flexibility index (Phi) is 3.14. The number of methoxy groups -OCH3 is 1. The van der Waals surface area contributed by atoms with Crippen LogP contribution in [0.4, 0.5) is 5.69 Å². The van der Waals surface area contributed by atoms with Crippen molar-refractivity contribution in [1.29, 1.82) is 0 Å². The predicted octanol–water partition coefficient (Wildman–Crippen LogP) is 2.25. The van der Waals surface area contributed by atoms with Crippen LogP contribution in [0.5, 0.6) is 5.88 Å². The quantitative estimate of drug-likeness (QED) is 0.735. The monoisotopic (exact) mass is 210 g/mol. The van der Waals surface area contributed by atoms with E-state index in [1.54, 1.807) is 7.11 Å². The van der Waals surface area contributed by atoms with Gasteiger partial charge in [-0.25, -0.2) is 4.98 Å². The van der Waals surface area contributed by atoms with Gasteiger partial charge in [0, 0.05) is 11.5 Å². The highest BCUT2D eigenvalue weighted by atomic mass is 35.5. The fourth-order valence-corrected chi connectivity index (χ4v) is 1.27. The highest BCUT2D eigenvalue weighted by molar-refractivity contribution is 5.89. The van der Waals surface area contributed by atoms with Gasteiger partial charge in [-0.1, -0.05) is 12.1 Å². The summed E-state index contributed by atoms with van der Waals surface area (Å²) in [5.41, 5.74) is 7.23. The lowest BCUT2D eigenvalue weighted by Crippen LogP contribution is -1.92. The molecule has 0 aliphatic heterocycles. The van der Waals surface area contributed by atoms with Crippen LogP contribution in [0.3, 0.4) is 0 Å². The molecule has 14 heavy (non-hydrogen) atoms. The molecule has 0 amide bonds. The molecule has 0 aliphatic rings. The van der Waals surface area contributed by atoms with Crippen molar-refractivity contribution in [3.8, 4) is 5.88 Å². The zero-order chi connectivity index (χ0) is 9.26. The maximum Gasteiger partial charge on any atom is 0.213 e. The number of ether oxygens (including phenoxy) is 1. The summed E-state index contributed by atoms with van der Waals surface area (Å²) in [6.07, 6.45) is 0. The molecule has 2 rings (SSSR count). The molecule has 74 valence electrons. The van der Waals surface area contributed by atoms with E-state index in [2.05, 4.69) is 4.98 Å².